The molecule has 0 saturated carbocycles. The van der Waals surface area contributed by atoms with Gasteiger partial charge < -0.3 is 15.4 Å². The number of aryl methyl sites for hydroxylation is 1. The molecule has 106 valence electrons. The number of hydrogen-bond donors (Lipinski definition) is 1. The number of pyridine rings is 1. The molecule has 0 atom stereocenters. The molecule has 2 N–H and O–H groups in total. The number of benzene rings is 1. The summed E-state index contributed by atoms with van der Waals surface area (Å²) in [5.74, 6) is 1.79. The van der Waals surface area contributed by atoms with Crippen molar-refractivity contribution < 1.29 is 4.74 Å². The molecule has 2 rings (SSSR count). The molecule has 2 aromatic rings. The lowest BCUT2D eigenvalue weighted by Gasteiger charge is -2.24. The van der Waals surface area contributed by atoms with Crippen molar-refractivity contribution in [2.45, 2.75) is 13.3 Å². The Bertz CT molecular complexity index is 522. The molecule has 0 unspecified atom stereocenters. The van der Waals surface area contributed by atoms with Gasteiger partial charge in [-0.05, 0) is 55.8 Å². The smallest absolute Gasteiger partial charge is 0.132 e. The zero-order chi connectivity index (χ0) is 14.4. The number of methoxy groups -OCH3 is 1. The van der Waals surface area contributed by atoms with Crippen molar-refractivity contribution in [1.82, 2.24) is 4.98 Å². The Labute approximate surface area is 120 Å². The van der Waals surface area contributed by atoms with E-state index in [1.165, 1.54) is 0 Å². The zero-order valence-electron chi connectivity index (χ0n) is 12.0. The molecule has 0 saturated heterocycles. The Morgan fingerprint density at radius 2 is 1.90 bits per heavy atom. The van der Waals surface area contributed by atoms with E-state index in [0.29, 0.717) is 6.54 Å². The van der Waals surface area contributed by atoms with Gasteiger partial charge in [-0.3, -0.25) is 0 Å². The monoisotopic (exact) mass is 271 g/mol. The zero-order valence-corrected chi connectivity index (χ0v) is 12.0. The Morgan fingerprint density at radius 1 is 1.15 bits per heavy atom. The first-order chi connectivity index (χ1) is 9.74. The second-order valence-electron chi connectivity index (χ2n) is 4.69. The highest BCUT2D eigenvalue weighted by Crippen LogP contribution is 2.25. The second kappa shape index (κ2) is 6.91. The standard InChI is InChI=1S/C16H21N3O/c1-13-4-9-16(18-12-13)19(11-3-10-17)14-5-7-15(20-2)8-6-14/h4-9,12H,3,10-11,17H2,1-2H3. The summed E-state index contributed by atoms with van der Waals surface area (Å²) in [6.45, 7) is 3.55. The van der Waals surface area contributed by atoms with Crippen LogP contribution >= 0.6 is 0 Å². The quantitative estimate of drug-likeness (QED) is 0.877. The highest BCUT2D eigenvalue weighted by molar-refractivity contribution is 5.60. The Hall–Kier alpha value is -2.07. The molecule has 0 spiro atoms. The van der Waals surface area contributed by atoms with Gasteiger partial charge in [0.1, 0.15) is 11.6 Å². The predicted molar refractivity (Wildman–Crippen MR) is 82.6 cm³/mol. The molecule has 0 fully saturated rings. The van der Waals surface area contributed by atoms with Crippen molar-refractivity contribution in [3.05, 3.63) is 48.2 Å². The maximum atomic E-state index is 5.64. The number of anilines is 2. The molecule has 0 aliphatic carbocycles. The van der Waals surface area contributed by atoms with Gasteiger partial charge in [0.25, 0.3) is 0 Å². The van der Waals surface area contributed by atoms with Crippen LogP contribution in [0.4, 0.5) is 11.5 Å². The van der Waals surface area contributed by atoms with Crippen molar-refractivity contribution in [3.63, 3.8) is 0 Å². The van der Waals surface area contributed by atoms with Gasteiger partial charge in [0, 0.05) is 18.4 Å². The molecular weight excluding hydrogens is 250 g/mol. The summed E-state index contributed by atoms with van der Waals surface area (Å²) in [6, 6.07) is 12.1. The fourth-order valence-electron chi connectivity index (χ4n) is 2.01. The van der Waals surface area contributed by atoms with Gasteiger partial charge in [-0.1, -0.05) is 6.07 Å². The minimum absolute atomic E-state index is 0.665. The summed E-state index contributed by atoms with van der Waals surface area (Å²) in [5.41, 5.74) is 7.88. The number of ether oxygens (including phenoxy) is 1. The van der Waals surface area contributed by atoms with E-state index in [2.05, 4.69) is 16.0 Å². The summed E-state index contributed by atoms with van der Waals surface area (Å²) >= 11 is 0. The van der Waals surface area contributed by atoms with Crippen LogP contribution in [-0.4, -0.2) is 25.2 Å². The van der Waals surface area contributed by atoms with Crippen molar-refractivity contribution in [2.24, 2.45) is 5.73 Å². The fourth-order valence-corrected chi connectivity index (χ4v) is 2.01. The average molecular weight is 271 g/mol. The Balaban J connectivity index is 2.27. The van der Waals surface area contributed by atoms with Gasteiger partial charge >= 0.3 is 0 Å². The van der Waals surface area contributed by atoms with Gasteiger partial charge in [-0.15, -0.1) is 0 Å². The molecule has 4 heteroatoms. The van der Waals surface area contributed by atoms with Crippen LogP contribution < -0.4 is 15.4 Å². The van der Waals surface area contributed by atoms with Crippen molar-refractivity contribution >= 4 is 11.5 Å². The molecule has 20 heavy (non-hydrogen) atoms. The molecule has 1 aromatic carbocycles. The van der Waals surface area contributed by atoms with Crippen LogP contribution in [0.25, 0.3) is 0 Å². The summed E-state index contributed by atoms with van der Waals surface area (Å²) in [5, 5.41) is 0. The summed E-state index contributed by atoms with van der Waals surface area (Å²) < 4.78 is 5.20. The van der Waals surface area contributed by atoms with Crippen LogP contribution in [0.1, 0.15) is 12.0 Å². The van der Waals surface area contributed by atoms with E-state index in [0.717, 1.165) is 35.8 Å². The molecule has 0 bridgehead atoms. The van der Waals surface area contributed by atoms with Gasteiger partial charge in [0.15, 0.2) is 0 Å². The molecule has 0 radical (unpaired) electrons. The first-order valence-corrected chi connectivity index (χ1v) is 6.79. The van der Waals surface area contributed by atoms with E-state index in [9.17, 15) is 0 Å². The number of nitrogens with zero attached hydrogens (tertiary/aromatic N) is 2. The maximum absolute atomic E-state index is 5.64. The summed E-state index contributed by atoms with van der Waals surface area (Å²) in [4.78, 5) is 6.68. The number of hydrogen-bond acceptors (Lipinski definition) is 4. The van der Waals surface area contributed by atoms with E-state index in [4.69, 9.17) is 10.5 Å². The van der Waals surface area contributed by atoms with Crippen molar-refractivity contribution in [1.29, 1.82) is 0 Å². The fraction of sp³-hybridized carbons (Fsp3) is 0.312. The summed E-state index contributed by atoms with van der Waals surface area (Å²) in [7, 11) is 1.67. The summed E-state index contributed by atoms with van der Waals surface area (Å²) in [6.07, 6.45) is 2.80. The van der Waals surface area contributed by atoms with Crippen molar-refractivity contribution in [2.75, 3.05) is 25.1 Å². The van der Waals surface area contributed by atoms with Crippen LogP contribution in [0.15, 0.2) is 42.6 Å². The lowest BCUT2D eigenvalue weighted by atomic mass is 10.2. The van der Waals surface area contributed by atoms with Gasteiger partial charge in [-0.25, -0.2) is 4.98 Å². The van der Waals surface area contributed by atoms with E-state index < -0.39 is 0 Å². The van der Waals surface area contributed by atoms with Gasteiger partial charge in [0.2, 0.25) is 0 Å². The largest absolute Gasteiger partial charge is 0.497 e. The van der Waals surface area contributed by atoms with Crippen LogP contribution in [-0.2, 0) is 0 Å². The second-order valence-corrected chi connectivity index (χ2v) is 4.69. The lowest BCUT2D eigenvalue weighted by molar-refractivity contribution is 0.415. The van der Waals surface area contributed by atoms with Crippen LogP contribution in [0.2, 0.25) is 0 Å². The third-order valence-electron chi connectivity index (χ3n) is 3.14. The first kappa shape index (κ1) is 14.3. The van der Waals surface area contributed by atoms with E-state index in [1.807, 2.05) is 43.5 Å². The predicted octanol–water partition coefficient (Wildman–Crippen LogP) is 2.89. The molecule has 1 aromatic heterocycles. The molecule has 0 aliphatic rings. The van der Waals surface area contributed by atoms with E-state index >= 15 is 0 Å². The lowest BCUT2D eigenvalue weighted by Crippen LogP contribution is -2.21. The maximum Gasteiger partial charge on any atom is 0.132 e. The van der Waals surface area contributed by atoms with E-state index in [1.54, 1.807) is 7.11 Å². The Morgan fingerprint density at radius 3 is 2.45 bits per heavy atom. The first-order valence-electron chi connectivity index (χ1n) is 6.79. The Kier molecular flexibility index (Phi) is 4.96. The molecular formula is C16H21N3O. The normalized spacial score (nSPS) is 10.3. The van der Waals surface area contributed by atoms with Gasteiger partial charge in [-0.2, -0.15) is 0 Å². The molecule has 0 amide bonds. The number of aromatic nitrogens is 1. The third kappa shape index (κ3) is 3.48. The minimum atomic E-state index is 0.665. The van der Waals surface area contributed by atoms with Crippen molar-refractivity contribution in [3.8, 4) is 5.75 Å². The SMILES string of the molecule is COc1ccc(N(CCCN)c2ccc(C)cn2)cc1. The number of rotatable bonds is 6. The number of nitrogens with two attached hydrogens (primary N) is 1. The average Bonchev–Trinajstić information content (AvgIpc) is 2.50. The molecule has 1 heterocycles. The van der Waals surface area contributed by atoms with Crippen LogP contribution in [0.5, 0.6) is 5.75 Å². The van der Waals surface area contributed by atoms with Crippen LogP contribution in [0.3, 0.4) is 0 Å². The third-order valence-corrected chi connectivity index (χ3v) is 3.14. The highest BCUT2D eigenvalue weighted by atomic mass is 16.5. The van der Waals surface area contributed by atoms with Gasteiger partial charge in [0.05, 0.1) is 7.11 Å². The topological polar surface area (TPSA) is 51.4 Å². The van der Waals surface area contributed by atoms with Crippen LogP contribution in [0, 0.1) is 6.92 Å². The molecule has 4 nitrogen and oxygen atoms in total. The van der Waals surface area contributed by atoms with E-state index in [-0.39, 0.29) is 0 Å². The molecule has 0 aliphatic heterocycles. The highest BCUT2D eigenvalue weighted by Gasteiger charge is 2.10. The minimum Gasteiger partial charge on any atom is -0.497 e.